The van der Waals surface area contributed by atoms with Gasteiger partial charge in [-0.1, -0.05) is 60.7 Å². The highest BCUT2D eigenvalue weighted by Gasteiger charge is 2.12. The molecule has 0 aliphatic rings. The normalized spacial score (nSPS) is 12.3. The Labute approximate surface area is 266 Å². The quantitative estimate of drug-likeness (QED) is 0.0685. The number of thiophene rings is 1. The third kappa shape index (κ3) is 9.84. The highest BCUT2D eigenvalue weighted by atomic mass is 32.1. The van der Waals surface area contributed by atoms with Gasteiger partial charge in [-0.3, -0.25) is 4.79 Å². The minimum atomic E-state index is -0.303. The number of aromatic nitrogens is 1. The zero-order chi connectivity index (χ0) is 31.3. The van der Waals surface area contributed by atoms with Gasteiger partial charge in [-0.15, -0.1) is 22.7 Å². The molecule has 0 amide bonds. The summed E-state index contributed by atoms with van der Waals surface area (Å²) < 4.78 is 12.0. The highest BCUT2D eigenvalue weighted by Crippen LogP contribution is 2.24. The van der Waals surface area contributed by atoms with Gasteiger partial charge in [0.1, 0.15) is 17.4 Å². The van der Waals surface area contributed by atoms with Crippen LogP contribution >= 0.6 is 22.7 Å². The lowest BCUT2D eigenvalue weighted by atomic mass is 10.1. The molecule has 5 aromatic rings. The van der Waals surface area contributed by atoms with E-state index in [9.17, 15) is 9.59 Å². The van der Waals surface area contributed by atoms with Gasteiger partial charge in [0.2, 0.25) is 0 Å². The van der Waals surface area contributed by atoms with Crippen LogP contribution in [0.3, 0.4) is 0 Å². The fourth-order valence-corrected chi connectivity index (χ4v) is 5.98. The molecule has 2 heterocycles. The number of hydrogen-bond acceptors (Lipinski definition) is 8. The number of ether oxygens (including phenoxy) is 2. The molecule has 3 aromatic carbocycles. The second kappa shape index (κ2) is 16.5. The van der Waals surface area contributed by atoms with E-state index in [0.29, 0.717) is 25.2 Å². The number of benzene rings is 3. The van der Waals surface area contributed by atoms with Crippen molar-refractivity contribution >= 4 is 51.1 Å². The Hall–Kier alpha value is -4.37. The van der Waals surface area contributed by atoms with Crippen LogP contribution in [-0.2, 0) is 22.6 Å². The van der Waals surface area contributed by atoms with Crippen LogP contribution in [0.5, 0.6) is 5.75 Å². The molecule has 1 atom stereocenters. The molecule has 226 valence electrons. The van der Waals surface area contributed by atoms with Gasteiger partial charge < -0.3 is 15.2 Å². The van der Waals surface area contributed by atoms with Crippen molar-refractivity contribution in [3.05, 3.63) is 134 Å². The predicted molar refractivity (Wildman–Crippen MR) is 181 cm³/mol. The van der Waals surface area contributed by atoms with E-state index in [0.717, 1.165) is 49.7 Å². The van der Waals surface area contributed by atoms with E-state index >= 15 is 0 Å². The van der Waals surface area contributed by atoms with Crippen molar-refractivity contribution in [3.63, 3.8) is 0 Å². The second-order valence-corrected chi connectivity index (χ2v) is 12.1. The van der Waals surface area contributed by atoms with Gasteiger partial charge in [-0.2, -0.15) is 0 Å². The first-order valence-corrected chi connectivity index (χ1v) is 16.0. The van der Waals surface area contributed by atoms with E-state index in [1.807, 2.05) is 103 Å². The summed E-state index contributed by atoms with van der Waals surface area (Å²) in [5.74, 6) is 0.530. The largest absolute Gasteiger partial charge is 0.489 e. The van der Waals surface area contributed by atoms with Crippen LogP contribution in [0.4, 0.5) is 0 Å². The summed E-state index contributed by atoms with van der Waals surface area (Å²) in [6.45, 7) is 6.38. The number of fused-ring (bicyclic) bond motifs is 1. The molecule has 8 heteroatoms. The summed E-state index contributed by atoms with van der Waals surface area (Å²) in [5.41, 5.74) is 11.0. The molecule has 5 rings (SSSR count). The SMILES string of the molecule is CCOC(=O)/C(C)=C\C(C)=C\c1csc(C(N)Cc2ccc(OCc3ccccc3)cc2)n1.O=Cc1cc2ccccc2s1. The third-order valence-electron chi connectivity index (χ3n) is 6.46. The van der Waals surface area contributed by atoms with Crippen LogP contribution in [0, 0.1) is 0 Å². The molecule has 0 saturated carbocycles. The summed E-state index contributed by atoms with van der Waals surface area (Å²) in [7, 11) is 0. The van der Waals surface area contributed by atoms with Gasteiger partial charge in [-0.05, 0) is 85.7 Å². The van der Waals surface area contributed by atoms with E-state index in [1.54, 1.807) is 31.3 Å². The van der Waals surface area contributed by atoms with Gasteiger partial charge in [0.05, 0.1) is 23.2 Å². The van der Waals surface area contributed by atoms with E-state index < -0.39 is 0 Å². The first-order valence-electron chi connectivity index (χ1n) is 14.3. The summed E-state index contributed by atoms with van der Waals surface area (Å²) in [6, 6.07) is 27.8. The standard InChI is InChI=1S/C27H30N2O3S.C9H6OS/c1-4-31-27(30)20(3)14-19(2)15-23-18-33-26(29-23)25(28)16-21-10-12-24(13-11-21)32-17-22-8-6-5-7-9-22;10-6-8-5-7-3-1-2-4-9(7)11-8/h5-15,18,25H,4,16-17,28H2,1-3H3;1-6H/b19-15+,20-14-;. The molecule has 2 aromatic heterocycles. The Morgan fingerprint density at radius 2 is 1.70 bits per heavy atom. The van der Waals surface area contributed by atoms with Gasteiger partial charge in [0.15, 0.2) is 6.29 Å². The fraction of sp³-hybridized carbons (Fsp3) is 0.194. The fourth-order valence-electron chi connectivity index (χ4n) is 4.32. The number of aldehydes is 1. The lowest BCUT2D eigenvalue weighted by Crippen LogP contribution is -2.13. The Morgan fingerprint density at radius 1 is 0.977 bits per heavy atom. The van der Waals surface area contributed by atoms with Crippen molar-refractivity contribution in [1.82, 2.24) is 4.98 Å². The Bertz CT molecular complexity index is 1690. The van der Waals surface area contributed by atoms with E-state index in [-0.39, 0.29) is 12.0 Å². The van der Waals surface area contributed by atoms with Crippen LogP contribution in [0.25, 0.3) is 16.2 Å². The minimum Gasteiger partial charge on any atom is -0.489 e. The highest BCUT2D eigenvalue weighted by molar-refractivity contribution is 7.20. The Balaban J connectivity index is 0.000000333. The molecule has 2 N–H and O–H groups in total. The van der Waals surface area contributed by atoms with Gasteiger partial charge in [-0.25, -0.2) is 9.78 Å². The zero-order valence-electron chi connectivity index (χ0n) is 25.1. The number of allylic oxidation sites excluding steroid dienone is 2. The minimum absolute atomic E-state index is 0.189. The first-order chi connectivity index (χ1) is 21.3. The maximum atomic E-state index is 11.8. The average Bonchev–Trinajstić information content (AvgIpc) is 3.69. The first kappa shape index (κ1) is 32.5. The smallest absolute Gasteiger partial charge is 0.333 e. The monoisotopic (exact) mass is 624 g/mol. The molecule has 0 fully saturated rings. The molecule has 1 unspecified atom stereocenters. The maximum Gasteiger partial charge on any atom is 0.333 e. The van der Waals surface area contributed by atoms with Crippen molar-refractivity contribution in [2.45, 2.75) is 39.8 Å². The molecule has 44 heavy (non-hydrogen) atoms. The number of rotatable bonds is 11. The Morgan fingerprint density at radius 3 is 2.41 bits per heavy atom. The lowest BCUT2D eigenvalue weighted by Gasteiger charge is -2.10. The van der Waals surface area contributed by atoms with Crippen LogP contribution in [-0.4, -0.2) is 23.8 Å². The molecular formula is C36H36N2O4S2. The van der Waals surface area contributed by atoms with Crippen LogP contribution < -0.4 is 10.5 Å². The molecule has 0 bridgehead atoms. The van der Waals surface area contributed by atoms with Crippen molar-refractivity contribution in [1.29, 1.82) is 0 Å². The molecule has 0 radical (unpaired) electrons. The topological polar surface area (TPSA) is 91.5 Å². The van der Waals surface area contributed by atoms with Gasteiger partial charge in [0.25, 0.3) is 0 Å². The van der Waals surface area contributed by atoms with Crippen molar-refractivity contribution in [3.8, 4) is 5.75 Å². The van der Waals surface area contributed by atoms with Crippen molar-refractivity contribution in [2.75, 3.05) is 6.61 Å². The van der Waals surface area contributed by atoms with Gasteiger partial charge in [0, 0.05) is 15.7 Å². The molecule has 0 saturated heterocycles. The summed E-state index contributed by atoms with van der Waals surface area (Å²) >= 11 is 3.07. The van der Waals surface area contributed by atoms with E-state index in [1.165, 1.54) is 16.0 Å². The number of thiazole rings is 1. The molecule has 6 nitrogen and oxygen atoms in total. The summed E-state index contributed by atoms with van der Waals surface area (Å²) in [5, 5.41) is 4.01. The number of carbonyl (C=O) groups excluding carboxylic acids is 2. The summed E-state index contributed by atoms with van der Waals surface area (Å²) in [4.78, 5) is 27.6. The predicted octanol–water partition coefficient (Wildman–Crippen LogP) is 8.59. The number of hydrogen-bond donors (Lipinski definition) is 1. The average molecular weight is 625 g/mol. The molecule has 0 aliphatic heterocycles. The molecule has 0 aliphatic carbocycles. The number of nitrogens with zero attached hydrogens (tertiary/aromatic N) is 1. The Kier molecular flexibility index (Phi) is 12.2. The third-order valence-corrected chi connectivity index (χ3v) is 8.50. The number of esters is 1. The number of nitrogens with two attached hydrogens (primary N) is 1. The van der Waals surface area contributed by atoms with Gasteiger partial charge >= 0.3 is 5.97 Å². The molecular weight excluding hydrogens is 589 g/mol. The van der Waals surface area contributed by atoms with Crippen LogP contribution in [0.1, 0.15) is 58.3 Å². The van der Waals surface area contributed by atoms with E-state index in [4.69, 9.17) is 15.2 Å². The van der Waals surface area contributed by atoms with E-state index in [2.05, 4.69) is 4.98 Å². The zero-order valence-corrected chi connectivity index (χ0v) is 26.7. The summed E-state index contributed by atoms with van der Waals surface area (Å²) in [6.07, 6.45) is 5.33. The second-order valence-electron chi connectivity index (χ2n) is 10.1. The number of carbonyl (C=O) groups is 2. The maximum absolute atomic E-state index is 11.8. The van der Waals surface area contributed by atoms with Crippen molar-refractivity contribution < 1.29 is 19.1 Å². The molecule has 0 spiro atoms. The van der Waals surface area contributed by atoms with Crippen LogP contribution in [0.15, 0.2) is 108 Å². The lowest BCUT2D eigenvalue weighted by molar-refractivity contribution is -0.138. The van der Waals surface area contributed by atoms with Crippen molar-refractivity contribution in [2.24, 2.45) is 5.73 Å². The van der Waals surface area contributed by atoms with Crippen LogP contribution in [0.2, 0.25) is 0 Å².